The standard InChI is InChI=1S/C12H13ClN2O2/c1-15-7-9(6-14-15)12(16)8-17-11-4-2-10(13)3-5-11/h2-7,12,16H,8H2,1H3. The molecule has 1 unspecified atom stereocenters. The van der Waals surface area contributed by atoms with Gasteiger partial charge in [0.15, 0.2) is 0 Å². The van der Waals surface area contributed by atoms with Crippen LogP contribution in [0.25, 0.3) is 0 Å². The van der Waals surface area contributed by atoms with Gasteiger partial charge in [-0.1, -0.05) is 11.6 Å². The lowest BCUT2D eigenvalue weighted by molar-refractivity contribution is 0.108. The summed E-state index contributed by atoms with van der Waals surface area (Å²) in [7, 11) is 1.80. The predicted molar refractivity (Wildman–Crippen MR) is 65.1 cm³/mol. The zero-order chi connectivity index (χ0) is 12.3. The molecule has 1 heterocycles. The van der Waals surface area contributed by atoms with E-state index in [2.05, 4.69) is 5.10 Å². The smallest absolute Gasteiger partial charge is 0.119 e. The second kappa shape index (κ2) is 5.21. The fraction of sp³-hybridized carbons (Fsp3) is 0.250. The van der Waals surface area contributed by atoms with E-state index in [9.17, 15) is 5.11 Å². The Morgan fingerprint density at radius 2 is 2.12 bits per heavy atom. The number of halogens is 1. The van der Waals surface area contributed by atoms with E-state index in [1.165, 1.54) is 0 Å². The predicted octanol–water partition coefficient (Wildman–Crippen LogP) is 2.19. The molecule has 0 bridgehead atoms. The topological polar surface area (TPSA) is 47.3 Å². The molecule has 1 aromatic heterocycles. The summed E-state index contributed by atoms with van der Waals surface area (Å²) >= 11 is 5.76. The first-order valence-corrected chi connectivity index (χ1v) is 5.58. The van der Waals surface area contributed by atoms with Crippen LogP contribution in [0.1, 0.15) is 11.7 Å². The second-order valence-corrected chi connectivity index (χ2v) is 4.16. The van der Waals surface area contributed by atoms with E-state index >= 15 is 0 Å². The van der Waals surface area contributed by atoms with Crippen molar-refractivity contribution in [3.63, 3.8) is 0 Å². The van der Waals surface area contributed by atoms with Crippen LogP contribution in [0.4, 0.5) is 0 Å². The molecular weight excluding hydrogens is 240 g/mol. The Morgan fingerprint density at radius 3 is 2.71 bits per heavy atom. The van der Waals surface area contributed by atoms with Crippen LogP contribution in [-0.2, 0) is 7.05 Å². The third kappa shape index (κ3) is 3.22. The molecule has 90 valence electrons. The van der Waals surface area contributed by atoms with E-state index in [4.69, 9.17) is 16.3 Å². The lowest BCUT2D eigenvalue weighted by Crippen LogP contribution is -2.08. The van der Waals surface area contributed by atoms with Crippen LogP contribution in [-0.4, -0.2) is 21.5 Å². The van der Waals surface area contributed by atoms with Gasteiger partial charge in [0.25, 0.3) is 0 Å². The maximum absolute atomic E-state index is 9.85. The van der Waals surface area contributed by atoms with Crippen LogP contribution < -0.4 is 4.74 Å². The molecule has 0 spiro atoms. The van der Waals surface area contributed by atoms with Crippen molar-refractivity contribution in [2.75, 3.05) is 6.61 Å². The number of aromatic nitrogens is 2. The number of ether oxygens (including phenoxy) is 1. The van der Waals surface area contributed by atoms with Crippen LogP contribution in [0, 0.1) is 0 Å². The monoisotopic (exact) mass is 252 g/mol. The van der Waals surface area contributed by atoms with Crippen molar-refractivity contribution in [1.29, 1.82) is 0 Å². The largest absolute Gasteiger partial charge is 0.491 e. The highest BCUT2D eigenvalue weighted by Gasteiger charge is 2.10. The van der Waals surface area contributed by atoms with E-state index in [1.54, 1.807) is 48.4 Å². The van der Waals surface area contributed by atoms with Gasteiger partial charge in [-0.25, -0.2) is 0 Å². The quantitative estimate of drug-likeness (QED) is 0.907. The summed E-state index contributed by atoms with van der Waals surface area (Å²) in [5, 5.41) is 14.5. The van der Waals surface area contributed by atoms with Gasteiger partial charge < -0.3 is 9.84 Å². The maximum atomic E-state index is 9.85. The summed E-state index contributed by atoms with van der Waals surface area (Å²) < 4.78 is 7.08. The van der Waals surface area contributed by atoms with E-state index in [0.29, 0.717) is 10.8 Å². The highest BCUT2D eigenvalue weighted by atomic mass is 35.5. The van der Waals surface area contributed by atoms with Crippen LogP contribution in [0.2, 0.25) is 5.02 Å². The number of aryl methyl sites for hydroxylation is 1. The molecule has 0 aliphatic heterocycles. The summed E-state index contributed by atoms with van der Waals surface area (Å²) in [6.45, 7) is 0.188. The van der Waals surface area contributed by atoms with Crippen molar-refractivity contribution in [2.45, 2.75) is 6.10 Å². The Balaban J connectivity index is 1.92. The molecule has 0 aliphatic rings. The Kier molecular flexibility index (Phi) is 3.66. The molecule has 0 aliphatic carbocycles. The minimum atomic E-state index is -0.681. The lowest BCUT2D eigenvalue weighted by Gasteiger charge is -2.10. The van der Waals surface area contributed by atoms with Crippen molar-refractivity contribution < 1.29 is 9.84 Å². The van der Waals surface area contributed by atoms with Crippen molar-refractivity contribution in [2.24, 2.45) is 7.05 Å². The first-order chi connectivity index (χ1) is 8.15. The van der Waals surface area contributed by atoms with Crippen molar-refractivity contribution in [3.05, 3.63) is 47.2 Å². The van der Waals surface area contributed by atoms with Gasteiger partial charge >= 0.3 is 0 Å². The number of hydrogen-bond acceptors (Lipinski definition) is 3. The minimum absolute atomic E-state index is 0.188. The number of hydrogen-bond donors (Lipinski definition) is 1. The Morgan fingerprint density at radius 1 is 1.41 bits per heavy atom. The molecule has 2 rings (SSSR count). The molecule has 5 heteroatoms. The number of nitrogens with zero attached hydrogens (tertiary/aromatic N) is 2. The fourth-order valence-corrected chi connectivity index (χ4v) is 1.54. The SMILES string of the molecule is Cn1cc(C(O)COc2ccc(Cl)cc2)cn1. The summed E-state index contributed by atoms with van der Waals surface area (Å²) in [5.41, 5.74) is 0.737. The van der Waals surface area contributed by atoms with Gasteiger partial charge in [-0.3, -0.25) is 4.68 Å². The minimum Gasteiger partial charge on any atom is -0.491 e. The van der Waals surface area contributed by atoms with E-state index in [0.717, 1.165) is 5.56 Å². The highest BCUT2D eigenvalue weighted by molar-refractivity contribution is 6.30. The van der Waals surface area contributed by atoms with Gasteiger partial charge in [-0.15, -0.1) is 0 Å². The zero-order valence-electron chi connectivity index (χ0n) is 9.38. The molecule has 4 nitrogen and oxygen atoms in total. The van der Waals surface area contributed by atoms with Gasteiger partial charge in [-0.2, -0.15) is 5.10 Å². The molecule has 0 saturated carbocycles. The first kappa shape index (κ1) is 12.0. The van der Waals surface area contributed by atoms with Gasteiger partial charge in [0.1, 0.15) is 18.5 Å². The number of rotatable bonds is 4. The second-order valence-electron chi connectivity index (χ2n) is 3.73. The number of aliphatic hydroxyl groups excluding tert-OH is 1. The maximum Gasteiger partial charge on any atom is 0.119 e. The van der Waals surface area contributed by atoms with Crippen molar-refractivity contribution in [3.8, 4) is 5.75 Å². The molecule has 2 aromatic rings. The average molecular weight is 253 g/mol. The highest BCUT2D eigenvalue weighted by Crippen LogP contribution is 2.18. The Labute approximate surface area is 104 Å². The Hall–Kier alpha value is -1.52. The normalized spacial score (nSPS) is 12.4. The first-order valence-electron chi connectivity index (χ1n) is 5.20. The van der Waals surface area contributed by atoms with Crippen LogP contribution >= 0.6 is 11.6 Å². The van der Waals surface area contributed by atoms with Crippen LogP contribution in [0.3, 0.4) is 0 Å². The summed E-state index contributed by atoms with van der Waals surface area (Å²) in [4.78, 5) is 0. The summed E-state index contributed by atoms with van der Waals surface area (Å²) in [6.07, 6.45) is 2.70. The summed E-state index contributed by atoms with van der Waals surface area (Å²) in [6, 6.07) is 7.01. The molecule has 1 N–H and O–H groups in total. The van der Waals surface area contributed by atoms with E-state index in [1.807, 2.05) is 0 Å². The molecule has 0 saturated heterocycles. The summed E-state index contributed by atoms with van der Waals surface area (Å²) in [5.74, 6) is 0.678. The lowest BCUT2D eigenvalue weighted by atomic mass is 10.2. The molecule has 0 fully saturated rings. The molecule has 0 radical (unpaired) electrons. The molecular formula is C12H13ClN2O2. The molecule has 17 heavy (non-hydrogen) atoms. The van der Waals surface area contributed by atoms with E-state index in [-0.39, 0.29) is 6.61 Å². The third-order valence-electron chi connectivity index (χ3n) is 2.33. The van der Waals surface area contributed by atoms with Crippen LogP contribution in [0.15, 0.2) is 36.7 Å². The molecule has 1 aromatic carbocycles. The third-order valence-corrected chi connectivity index (χ3v) is 2.58. The molecule has 0 amide bonds. The molecule has 1 atom stereocenters. The number of benzene rings is 1. The zero-order valence-corrected chi connectivity index (χ0v) is 10.1. The Bertz CT molecular complexity index is 482. The van der Waals surface area contributed by atoms with Crippen LogP contribution in [0.5, 0.6) is 5.75 Å². The van der Waals surface area contributed by atoms with Gasteiger partial charge in [0, 0.05) is 23.8 Å². The van der Waals surface area contributed by atoms with Crippen molar-refractivity contribution >= 4 is 11.6 Å². The van der Waals surface area contributed by atoms with Gasteiger partial charge in [-0.05, 0) is 24.3 Å². The van der Waals surface area contributed by atoms with Gasteiger partial charge in [0.2, 0.25) is 0 Å². The van der Waals surface area contributed by atoms with Gasteiger partial charge in [0.05, 0.1) is 6.20 Å². The van der Waals surface area contributed by atoms with E-state index < -0.39 is 6.10 Å². The number of aliphatic hydroxyl groups is 1. The fourth-order valence-electron chi connectivity index (χ4n) is 1.41. The van der Waals surface area contributed by atoms with Crippen molar-refractivity contribution in [1.82, 2.24) is 9.78 Å². The average Bonchev–Trinajstić information content (AvgIpc) is 2.75.